The van der Waals surface area contributed by atoms with E-state index in [4.69, 9.17) is 0 Å². The molecule has 0 bridgehead atoms. The zero-order valence-electron chi connectivity index (χ0n) is 14.4. The Labute approximate surface area is 149 Å². The fourth-order valence-corrected chi connectivity index (χ4v) is 4.40. The lowest BCUT2D eigenvalue weighted by Crippen LogP contribution is -2.56. The molecule has 2 heterocycles. The smallest absolute Gasteiger partial charge is 0.248 e. The molecule has 2 amide bonds. The number of rotatable bonds is 1. The van der Waals surface area contributed by atoms with Crippen molar-refractivity contribution in [2.24, 2.45) is 5.92 Å². The number of carbonyl (C=O) groups excluding carboxylic acids is 2. The van der Waals surface area contributed by atoms with Crippen LogP contribution < -0.4 is 0 Å². The number of amides is 2. The van der Waals surface area contributed by atoms with E-state index in [1.165, 1.54) is 17.0 Å². The average Bonchev–Trinajstić information content (AvgIpc) is 2.61. The lowest BCUT2D eigenvalue weighted by atomic mass is 9.85. The second-order valence-corrected chi connectivity index (χ2v) is 7.55. The van der Waals surface area contributed by atoms with Gasteiger partial charge in [-0.15, -0.1) is 0 Å². The summed E-state index contributed by atoms with van der Waals surface area (Å²) in [6.45, 7) is 0.834. The Morgan fingerprint density at radius 1 is 1.19 bits per heavy atom. The van der Waals surface area contributed by atoms with E-state index in [0.717, 1.165) is 11.1 Å². The molecule has 0 spiro atoms. The van der Waals surface area contributed by atoms with E-state index >= 15 is 0 Å². The van der Waals surface area contributed by atoms with Gasteiger partial charge in [0.15, 0.2) is 0 Å². The highest BCUT2D eigenvalue weighted by Crippen LogP contribution is 2.38. The number of hydrogen-bond acceptors (Lipinski definition) is 2. The molecule has 2 fully saturated rings. The van der Waals surface area contributed by atoms with Crippen molar-refractivity contribution < 1.29 is 22.8 Å². The lowest BCUT2D eigenvalue weighted by Gasteiger charge is -2.45. The van der Waals surface area contributed by atoms with E-state index in [1.54, 1.807) is 11.0 Å². The Morgan fingerprint density at radius 2 is 1.92 bits per heavy atom. The molecule has 1 aromatic rings. The fraction of sp³-hybridized carbons (Fsp3) is 0.579. The van der Waals surface area contributed by atoms with Crippen LogP contribution in [0.1, 0.15) is 42.9 Å². The topological polar surface area (TPSA) is 40.6 Å². The number of fused-ring (bicyclic) bond motifs is 3. The number of benzene rings is 1. The maximum atomic E-state index is 13.7. The number of nitrogens with zero attached hydrogens (tertiary/aromatic N) is 2. The van der Waals surface area contributed by atoms with E-state index in [-0.39, 0.29) is 55.9 Å². The van der Waals surface area contributed by atoms with Gasteiger partial charge in [-0.1, -0.05) is 6.07 Å². The quantitative estimate of drug-likeness (QED) is 0.767. The summed E-state index contributed by atoms with van der Waals surface area (Å²) in [6.07, 6.45) is 0.402. The van der Waals surface area contributed by atoms with E-state index < -0.39 is 11.8 Å². The molecule has 4 nitrogen and oxygen atoms in total. The maximum absolute atomic E-state index is 13.7. The van der Waals surface area contributed by atoms with Crippen LogP contribution >= 0.6 is 0 Å². The molecule has 3 aliphatic rings. The van der Waals surface area contributed by atoms with Gasteiger partial charge in [0.05, 0.1) is 12.6 Å². The van der Waals surface area contributed by atoms with Crippen LogP contribution in [0.4, 0.5) is 13.2 Å². The molecule has 26 heavy (non-hydrogen) atoms. The summed E-state index contributed by atoms with van der Waals surface area (Å²) < 4.78 is 40.4. The van der Waals surface area contributed by atoms with Gasteiger partial charge in [-0.05, 0) is 42.5 Å². The number of carbonyl (C=O) groups is 2. The normalized spacial score (nSPS) is 25.7. The zero-order chi connectivity index (χ0) is 18.5. The fourth-order valence-electron chi connectivity index (χ4n) is 4.40. The third-order valence-corrected chi connectivity index (χ3v) is 5.88. The van der Waals surface area contributed by atoms with Gasteiger partial charge in [0.2, 0.25) is 17.7 Å². The molecule has 0 aromatic heterocycles. The van der Waals surface area contributed by atoms with E-state index in [1.807, 2.05) is 0 Å². The van der Waals surface area contributed by atoms with Crippen LogP contribution in [0.2, 0.25) is 0 Å². The van der Waals surface area contributed by atoms with Crippen molar-refractivity contribution in [1.29, 1.82) is 0 Å². The van der Waals surface area contributed by atoms with Crippen LogP contribution in [0.15, 0.2) is 18.2 Å². The van der Waals surface area contributed by atoms with E-state index in [0.29, 0.717) is 19.5 Å². The number of halogens is 3. The van der Waals surface area contributed by atoms with Gasteiger partial charge in [0, 0.05) is 31.8 Å². The zero-order valence-corrected chi connectivity index (χ0v) is 14.4. The molecule has 1 saturated heterocycles. The lowest BCUT2D eigenvalue weighted by molar-refractivity contribution is -0.153. The van der Waals surface area contributed by atoms with Crippen LogP contribution in [-0.4, -0.2) is 47.2 Å². The number of alkyl halides is 2. The summed E-state index contributed by atoms with van der Waals surface area (Å²) >= 11 is 0. The first-order valence-electron chi connectivity index (χ1n) is 9.08. The SMILES string of the molecule is O=C(C1CCC(F)(F)CC1)N1CC(=O)N2CCc3ccc(F)cc3[C@H]2C1. The summed E-state index contributed by atoms with van der Waals surface area (Å²) in [6, 6.07) is 4.22. The molecule has 0 radical (unpaired) electrons. The van der Waals surface area contributed by atoms with Crippen LogP contribution in [0, 0.1) is 11.7 Å². The summed E-state index contributed by atoms with van der Waals surface area (Å²) in [7, 11) is 0. The standard InChI is InChI=1S/C19H21F3N2O2/c20-14-2-1-12-5-8-24-16(15(12)9-14)10-23(11-17(24)25)18(26)13-3-6-19(21,22)7-4-13/h1-2,9,13,16H,3-8,10-11H2/t16-/m1/s1. The molecule has 0 unspecified atom stereocenters. The number of piperazine rings is 1. The second-order valence-electron chi connectivity index (χ2n) is 7.55. The minimum Gasteiger partial charge on any atom is -0.332 e. The summed E-state index contributed by atoms with van der Waals surface area (Å²) in [5, 5.41) is 0. The Morgan fingerprint density at radius 3 is 2.65 bits per heavy atom. The molecule has 140 valence electrons. The van der Waals surface area contributed by atoms with Gasteiger partial charge < -0.3 is 9.80 Å². The summed E-state index contributed by atoms with van der Waals surface area (Å²) in [5.74, 6) is -3.89. The molecule has 4 rings (SSSR count). The summed E-state index contributed by atoms with van der Waals surface area (Å²) in [4.78, 5) is 28.5. The minimum atomic E-state index is -2.69. The molecule has 1 aliphatic carbocycles. The average molecular weight is 366 g/mol. The molecular formula is C19H21F3N2O2. The highest BCUT2D eigenvalue weighted by Gasteiger charge is 2.43. The highest BCUT2D eigenvalue weighted by atomic mass is 19.3. The van der Waals surface area contributed by atoms with Crippen molar-refractivity contribution >= 4 is 11.8 Å². The van der Waals surface area contributed by atoms with Gasteiger partial charge in [-0.2, -0.15) is 0 Å². The molecule has 1 aromatic carbocycles. The molecule has 2 aliphatic heterocycles. The first kappa shape index (κ1) is 17.4. The Kier molecular flexibility index (Phi) is 4.20. The summed E-state index contributed by atoms with van der Waals surface area (Å²) in [5.41, 5.74) is 1.74. The number of hydrogen-bond donors (Lipinski definition) is 0. The first-order chi connectivity index (χ1) is 12.3. The van der Waals surface area contributed by atoms with Crippen LogP contribution in [-0.2, 0) is 16.0 Å². The van der Waals surface area contributed by atoms with E-state index in [9.17, 15) is 22.8 Å². The third-order valence-electron chi connectivity index (χ3n) is 5.88. The first-order valence-corrected chi connectivity index (χ1v) is 9.08. The monoisotopic (exact) mass is 366 g/mol. The molecule has 1 atom stereocenters. The third kappa shape index (κ3) is 3.08. The Hall–Kier alpha value is -2.05. The second kappa shape index (κ2) is 6.28. The van der Waals surface area contributed by atoms with Crippen molar-refractivity contribution in [1.82, 2.24) is 9.80 Å². The van der Waals surface area contributed by atoms with Gasteiger partial charge in [-0.3, -0.25) is 9.59 Å². The molecule has 7 heteroatoms. The van der Waals surface area contributed by atoms with Gasteiger partial charge >= 0.3 is 0 Å². The van der Waals surface area contributed by atoms with Crippen molar-refractivity contribution in [3.63, 3.8) is 0 Å². The van der Waals surface area contributed by atoms with Crippen LogP contribution in [0.25, 0.3) is 0 Å². The van der Waals surface area contributed by atoms with E-state index in [2.05, 4.69) is 0 Å². The largest absolute Gasteiger partial charge is 0.332 e. The van der Waals surface area contributed by atoms with Gasteiger partial charge in [0.1, 0.15) is 5.82 Å². The van der Waals surface area contributed by atoms with Gasteiger partial charge in [-0.25, -0.2) is 13.2 Å². The molecule has 1 saturated carbocycles. The predicted molar refractivity (Wildman–Crippen MR) is 88.0 cm³/mol. The molecule has 0 N–H and O–H groups in total. The van der Waals surface area contributed by atoms with Crippen molar-refractivity contribution in [2.45, 2.75) is 44.1 Å². The molecular weight excluding hydrogens is 345 g/mol. The maximum Gasteiger partial charge on any atom is 0.248 e. The van der Waals surface area contributed by atoms with Crippen LogP contribution in [0.3, 0.4) is 0 Å². The highest BCUT2D eigenvalue weighted by molar-refractivity contribution is 5.87. The van der Waals surface area contributed by atoms with Crippen molar-refractivity contribution in [2.75, 3.05) is 19.6 Å². The minimum absolute atomic E-state index is 0.0210. The van der Waals surface area contributed by atoms with Crippen LogP contribution in [0.5, 0.6) is 0 Å². The Balaban J connectivity index is 1.54. The predicted octanol–water partition coefficient (Wildman–Crippen LogP) is 2.92. The van der Waals surface area contributed by atoms with Gasteiger partial charge in [0.25, 0.3) is 0 Å². The van der Waals surface area contributed by atoms with Crippen molar-refractivity contribution in [3.8, 4) is 0 Å². The Bertz CT molecular complexity index is 742. The van der Waals surface area contributed by atoms with Crippen molar-refractivity contribution in [3.05, 3.63) is 35.1 Å².